The van der Waals surface area contributed by atoms with Crippen molar-refractivity contribution in [3.63, 3.8) is 0 Å². The van der Waals surface area contributed by atoms with Gasteiger partial charge in [-0.15, -0.1) is 0 Å². The minimum Gasteiger partial charge on any atom is -0.340 e. The highest BCUT2D eigenvalue weighted by Gasteiger charge is 2.37. The molecule has 0 radical (unpaired) electrons. The molecule has 0 aromatic rings. The van der Waals surface area contributed by atoms with Gasteiger partial charge in [0.1, 0.15) is 0 Å². The quantitative estimate of drug-likeness (QED) is 0.723. The van der Waals surface area contributed by atoms with Crippen molar-refractivity contribution < 1.29 is 4.79 Å². The first-order valence-corrected chi connectivity index (χ1v) is 5.69. The third-order valence-electron chi connectivity index (χ3n) is 3.73. The lowest BCUT2D eigenvalue weighted by atomic mass is 9.75. The van der Waals surface area contributed by atoms with Crippen LogP contribution in [0.1, 0.15) is 45.4 Å². The highest BCUT2D eigenvalue weighted by Crippen LogP contribution is 2.33. The van der Waals surface area contributed by atoms with Crippen molar-refractivity contribution in [3.05, 3.63) is 0 Å². The zero-order chi connectivity index (χ0) is 10.2. The summed E-state index contributed by atoms with van der Waals surface area (Å²) in [5.41, 5.74) is 5.92. The normalized spacial score (nSPS) is 30.1. The smallest absolute Gasteiger partial charge is 0.224 e. The van der Waals surface area contributed by atoms with E-state index in [9.17, 15) is 4.79 Å². The summed E-state index contributed by atoms with van der Waals surface area (Å²) in [7, 11) is 0. The zero-order valence-electron chi connectivity index (χ0n) is 8.96. The Morgan fingerprint density at radius 2 is 2.21 bits per heavy atom. The number of hydrogen-bond acceptors (Lipinski definition) is 2. The van der Waals surface area contributed by atoms with Gasteiger partial charge < -0.3 is 10.6 Å². The van der Waals surface area contributed by atoms with Gasteiger partial charge in [-0.1, -0.05) is 0 Å². The van der Waals surface area contributed by atoms with Gasteiger partial charge in [-0.25, -0.2) is 0 Å². The molecule has 1 atom stereocenters. The second-order valence-corrected chi connectivity index (χ2v) is 4.97. The number of likely N-dealkylation sites (tertiary alicyclic amines) is 1. The van der Waals surface area contributed by atoms with Crippen molar-refractivity contribution >= 4 is 5.91 Å². The molecule has 0 aromatic carbocycles. The molecule has 1 saturated heterocycles. The van der Waals surface area contributed by atoms with Crippen LogP contribution in [0.15, 0.2) is 0 Å². The van der Waals surface area contributed by atoms with Crippen LogP contribution in [0.5, 0.6) is 0 Å². The van der Waals surface area contributed by atoms with Gasteiger partial charge in [0.2, 0.25) is 5.91 Å². The van der Waals surface area contributed by atoms with Crippen LogP contribution in [-0.2, 0) is 4.79 Å². The summed E-state index contributed by atoms with van der Waals surface area (Å²) in [6.45, 7) is 3.07. The van der Waals surface area contributed by atoms with Crippen LogP contribution in [0, 0.1) is 0 Å². The fourth-order valence-electron chi connectivity index (χ4n) is 2.51. The van der Waals surface area contributed by atoms with Crippen molar-refractivity contribution in [2.24, 2.45) is 5.73 Å². The fourth-order valence-corrected chi connectivity index (χ4v) is 2.51. The van der Waals surface area contributed by atoms with E-state index in [-0.39, 0.29) is 11.4 Å². The van der Waals surface area contributed by atoms with E-state index in [4.69, 9.17) is 5.73 Å². The molecule has 0 aromatic heterocycles. The number of nitrogens with zero attached hydrogens (tertiary/aromatic N) is 1. The molecule has 0 spiro atoms. The minimum atomic E-state index is -0.153. The van der Waals surface area contributed by atoms with E-state index in [1.807, 2.05) is 4.90 Å². The van der Waals surface area contributed by atoms with Gasteiger partial charge in [0.05, 0.1) is 0 Å². The SMILES string of the molecule is CC1CCCN1C(=O)CC1(N)CCC1. The van der Waals surface area contributed by atoms with Crippen LogP contribution in [0.25, 0.3) is 0 Å². The highest BCUT2D eigenvalue weighted by molar-refractivity contribution is 5.78. The summed E-state index contributed by atoms with van der Waals surface area (Å²) in [6.07, 6.45) is 6.13. The van der Waals surface area contributed by atoms with Crippen LogP contribution in [0.2, 0.25) is 0 Å². The van der Waals surface area contributed by atoms with Crippen LogP contribution in [0.4, 0.5) is 0 Å². The second kappa shape index (κ2) is 3.54. The first kappa shape index (κ1) is 9.97. The average molecular weight is 196 g/mol. The molecule has 1 aliphatic carbocycles. The Hall–Kier alpha value is -0.570. The molecule has 3 heteroatoms. The number of carbonyl (C=O) groups excluding carboxylic acids is 1. The average Bonchev–Trinajstić information content (AvgIpc) is 2.48. The standard InChI is InChI=1S/C11H20N2O/c1-9-4-2-7-13(9)10(14)8-11(12)5-3-6-11/h9H,2-8,12H2,1H3. The predicted molar refractivity (Wildman–Crippen MR) is 55.8 cm³/mol. The molecule has 1 unspecified atom stereocenters. The van der Waals surface area contributed by atoms with Gasteiger partial charge in [0.25, 0.3) is 0 Å². The van der Waals surface area contributed by atoms with E-state index < -0.39 is 0 Å². The predicted octanol–water partition coefficient (Wildman–Crippen LogP) is 1.27. The molecule has 2 rings (SSSR count). The van der Waals surface area contributed by atoms with E-state index in [1.165, 1.54) is 6.42 Å². The first-order valence-electron chi connectivity index (χ1n) is 5.69. The summed E-state index contributed by atoms with van der Waals surface area (Å²) >= 11 is 0. The van der Waals surface area contributed by atoms with Crippen molar-refractivity contribution in [3.8, 4) is 0 Å². The van der Waals surface area contributed by atoms with E-state index in [1.54, 1.807) is 0 Å². The zero-order valence-corrected chi connectivity index (χ0v) is 8.96. The van der Waals surface area contributed by atoms with E-state index in [2.05, 4.69) is 6.92 Å². The van der Waals surface area contributed by atoms with Gasteiger partial charge in [-0.05, 0) is 39.0 Å². The van der Waals surface area contributed by atoms with E-state index >= 15 is 0 Å². The van der Waals surface area contributed by atoms with E-state index in [0.717, 1.165) is 32.2 Å². The summed E-state index contributed by atoms with van der Waals surface area (Å²) < 4.78 is 0. The number of amides is 1. The lowest BCUT2D eigenvalue weighted by molar-refractivity contribution is -0.133. The molecule has 2 N–H and O–H groups in total. The maximum absolute atomic E-state index is 11.9. The third kappa shape index (κ3) is 1.78. The molecule has 3 nitrogen and oxygen atoms in total. The Balaban J connectivity index is 1.88. The Morgan fingerprint density at radius 3 is 2.64 bits per heavy atom. The van der Waals surface area contributed by atoms with Crippen LogP contribution in [0.3, 0.4) is 0 Å². The van der Waals surface area contributed by atoms with Gasteiger partial charge in [-0.2, -0.15) is 0 Å². The molecule has 2 aliphatic rings. The van der Waals surface area contributed by atoms with E-state index in [0.29, 0.717) is 12.5 Å². The molecular formula is C11H20N2O. The number of carbonyl (C=O) groups is 1. The topological polar surface area (TPSA) is 46.3 Å². The third-order valence-corrected chi connectivity index (χ3v) is 3.73. The maximum atomic E-state index is 11.9. The second-order valence-electron chi connectivity index (χ2n) is 4.97. The Kier molecular flexibility index (Phi) is 2.52. The summed E-state index contributed by atoms with van der Waals surface area (Å²) in [5, 5.41) is 0. The lowest BCUT2D eigenvalue weighted by Gasteiger charge is -2.39. The van der Waals surface area contributed by atoms with Gasteiger partial charge >= 0.3 is 0 Å². The van der Waals surface area contributed by atoms with Crippen LogP contribution in [-0.4, -0.2) is 28.9 Å². The largest absolute Gasteiger partial charge is 0.340 e. The molecule has 14 heavy (non-hydrogen) atoms. The lowest BCUT2D eigenvalue weighted by Crippen LogP contribution is -2.51. The minimum absolute atomic E-state index is 0.153. The summed E-state index contributed by atoms with van der Waals surface area (Å²) in [5.74, 6) is 0.275. The van der Waals surface area contributed by atoms with Crippen LogP contribution >= 0.6 is 0 Å². The summed E-state index contributed by atoms with van der Waals surface area (Å²) in [4.78, 5) is 13.9. The van der Waals surface area contributed by atoms with Gasteiger partial charge in [-0.3, -0.25) is 4.79 Å². The highest BCUT2D eigenvalue weighted by atomic mass is 16.2. The summed E-state index contributed by atoms with van der Waals surface area (Å²) in [6, 6.07) is 0.436. The molecule has 1 amide bonds. The molecule has 80 valence electrons. The Bertz CT molecular complexity index is 235. The fraction of sp³-hybridized carbons (Fsp3) is 0.909. The molecule has 0 bridgehead atoms. The molecule has 2 fully saturated rings. The molecule has 1 saturated carbocycles. The molecule has 1 aliphatic heterocycles. The van der Waals surface area contributed by atoms with Crippen molar-refractivity contribution in [2.75, 3.05) is 6.54 Å². The number of rotatable bonds is 2. The first-order chi connectivity index (χ1) is 6.61. The van der Waals surface area contributed by atoms with Crippen LogP contribution < -0.4 is 5.73 Å². The Morgan fingerprint density at radius 1 is 1.50 bits per heavy atom. The number of nitrogens with two attached hydrogens (primary N) is 1. The van der Waals surface area contributed by atoms with Crippen molar-refractivity contribution in [1.29, 1.82) is 0 Å². The molecule has 1 heterocycles. The van der Waals surface area contributed by atoms with Gasteiger partial charge in [0.15, 0.2) is 0 Å². The maximum Gasteiger partial charge on any atom is 0.224 e. The number of hydrogen-bond donors (Lipinski definition) is 1. The van der Waals surface area contributed by atoms with Gasteiger partial charge in [0, 0.05) is 24.5 Å². The monoisotopic (exact) mass is 196 g/mol. The Labute approximate surface area is 85.6 Å². The molecular weight excluding hydrogens is 176 g/mol. The van der Waals surface area contributed by atoms with Crippen molar-refractivity contribution in [1.82, 2.24) is 4.90 Å². The van der Waals surface area contributed by atoms with Crippen molar-refractivity contribution in [2.45, 2.75) is 57.0 Å².